The van der Waals surface area contributed by atoms with E-state index in [2.05, 4.69) is 48.6 Å². The average molecular weight is 288 g/mol. The maximum absolute atomic E-state index is 9.25. The molecule has 2 aromatic rings. The van der Waals surface area contributed by atoms with E-state index in [0.717, 1.165) is 31.2 Å². The Labute approximate surface area is 131 Å². The number of aliphatic hydroxyl groups excluding tert-OH is 1. The fourth-order valence-electron chi connectivity index (χ4n) is 3.67. The molecule has 0 bridgehead atoms. The van der Waals surface area contributed by atoms with Crippen molar-refractivity contribution in [1.29, 1.82) is 0 Å². The Morgan fingerprint density at radius 3 is 2.23 bits per heavy atom. The molecular formula is C21H20O. The van der Waals surface area contributed by atoms with Crippen molar-refractivity contribution < 1.29 is 5.11 Å². The first kappa shape index (κ1) is 13.5. The second-order valence-corrected chi connectivity index (χ2v) is 6.17. The highest BCUT2D eigenvalue weighted by atomic mass is 16.3. The molecule has 0 aromatic heterocycles. The van der Waals surface area contributed by atoms with Gasteiger partial charge in [0.05, 0.1) is 6.61 Å². The smallest absolute Gasteiger partial charge is 0.0681 e. The summed E-state index contributed by atoms with van der Waals surface area (Å²) in [5.74, 6) is 0. The normalized spacial score (nSPS) is 15.3. The summed E-state index contributed by atoms with van der Waals surface area (Å²) < 4.78 is 0. The van der Waals surface area contributed by atoms with Crippen molar-refractivity contribution >= 4 is 11.1 Å². The SMILES string of the molecule is OCc1ccc2c(c1)CC=C2CCC1=CCc2ccccc21. The highest BCUT2D eigenvalue weighted by Gasteiger charge is 2.17. The van der Waals surface area contributed by atoms with Gasteiger partial charge in [0.1, 0.15) is 0 Å². The fraction of sp³-hybridized carbons (Fsp3) is 0.238. The van der Waals surface area contributed by atoms with E-state index in [4.69, 9.17) is 0 Å². The topological polar surface area (TPSA) is 20.2 Å². The highest BCUT2D eigenvalue weighted by molar-refractivity contribution is 5.77. The molecule has 1 heteroatoms. The van der Waals surface area contributed by atoms with Gasteiger partial charge >= 0.3 is 0 Å². The van der Waals surface area contributed by atoms with Crippen molar-refractivity contribution in [2.45, 2.75) is 32.3 Å². The fourth-order valence-corrected chi connectivity index (χ4v) is 3.67. The molecule has 1 N–H and O–H groups in total. The second kappa shape index (κ2) is 5.58. The van der Waals surface area contributed by atoms with Crippen LogP contribution in [0.15, 0.2) is 54.6 Å². The van der Waals surface area contributed by atoms with Gasteiger partial charge in [-0.3, -0.25) is 0 Å². The van der Waals surface area contributed by atoms with Gasteiger partial charge in [-0.25, -0.2) is 0 Å². The molecule has 0 saturated carbocycles. The predicted octanol–water partition coefficient (Wildman–Crippen LogP) is 4.54. The Morgan fingerprint density at radius 2 is 1.45 bits per heavy atom. The van der Waals surface area contributed by atoms with Crippen LogP contribution in [0.3, 0.4) is 0 Å². The molecule has 0 spiro atoms. The summed E-state index contributed by atoms with van der Waals surface area (Å²) in [6, 6.07) is 15.1. The molecule has 0 fully saturated rings. The molecule has 0 atom stereocenters. The van der Waals surface area contributed by atoms with Crippen LogP contribution in [0.1, 0.15) is 40.7 Å². The minimum atomic E-state index is 0.131. The molecule has 0 saturated heterocycles. The number of aliphatic hydroxyl groups is 1. The predicted molar refractivity (Wildman–Crippen MR) is 91.4 cm³/mol. The number of hydrogen-bond donors (Lipinski definition) is 1. The highest BCUT2D eigenvalue weighted by Crippen LogP contribution is 2.36. The first-order valence-corrected chi connectivity index (χ1v) is 8.04. The van der Waals surface area contributed by atoms with Crippen LogP contribution < -0.4 is 0 Å². The number of allylic oxidation sites excluding steroid dienone is 4. The molecule has 110 valence electrons. The third-order valence-corrected chi connectivity index (χ3v) is 4.86. The molecule has 22 heavy (non-hydrogen) atoms. The van der Waals surface area contributed by atoms with Gasteiger partial charge in [-0.15, -0.1) is 0 Å². The van der Waals surface area contributed by atoms with Gasteiger partial charge in [-0.1, -0.05) is 54.6 Å². The summed E-state index contributed by atoms with van der Waals surface area (Å²) in [6.07, 6.45) is 9.05. The Balaban J connectivity index is 1.49. The van der Waals surface area contributed by atoms with Crippen LogP contribution >= 0.6 is 0 Å². The molecular weight excluding hydrogens is 268 g/mol. The maximum Gasteiger partial charge on any atom is 0.0681 e. The third-order valence-electron chi connectivity index (χ3n) is 4.86. The van der Waals surface area contributed by atoms with E-state index in [1.807, 2.05) is 6.07 Å². The zero-order valence-corrected chi connectivity index (χ0v) is 12.7. The molecule has 0 aliphatic heterocycles. The first-order valence-electron chi connectivity index (χ1n) is 8.04. The van der Waals surface area contributed by atoms with E-state index in [1.54, 1.807) is 0 Å². The first-order chi connectivity index (χ1) is 10.8. The number of fused-ring (bicyclic) bond motifs is 2. The van der Waals surface area contributed by atoms with Crippen molar-refractivity contribution in [2.24, 2.45) is 0 Å². The summed E-state index contributed by atoms with van der Waals surface area (Å²) in [6.45, 7) is 0.131. The van der Waals surface area contributed by atoms with Crippen molar-refractivity contribution in [3.8, 4) is 0 Å². The number of rotatable bonds is 4. The van der Waals surface area contributed by atoms with E-state index in [0.29, 0.717) is 0 Å². The zero-order valence-electron chi connectivity index (χ0n) is 12.7. The van der Waals surface area contributed by atoms with Crippen molar-refractivity contribution in [3.63, 3.8) is 0 Å². The quantitative estimate of drug-likeness (QED) is 0.876. The van der Waals surface area contributed by atoms with Crippen LogP contribution in [0.4, 0.5) is 0 Å². The molecule has 1 nitrogen and oxygen atoms in total. The molecule has 2 aromatic carbocycles. The molecule has 0 heterocycles. The van der Waals surface area contributed by atoms with Gasteiger partial charge in [-0.05, 0) is 64.6 Å². The van der Waals surface area contributed by atoms with E-state index in [9.17, 15) is 5.11 Å². The van der Waals surface area contributed by atoms with E-state index < -0.39 is 0 Å². The van der Waals surface area contributed by atoms with Crippen LogP contribution in [0.2, 0.25) is 0 Å². The minimum absolute atomic E-state index is 0.131. The van der Waals surface area contributed by atoms with Crippen molar-refractivity contribution in [3.05, 3.63) is 82.4 Å². The average Bonchev–Trinajstić information content (AvgIpc) is 3.16. The summed E-state index contributed by atoms with van der Waals surface area (Å²) in [7, 11) is 0. The van der Waals surface area contributed by atoms with Gasteiger partial charge in [0.2, 0.25) is 0 Å². The lowest BCUT2D eigenvalue weighted by Gasteiger charge is -2.09. The Bertz CT molecular complexity index is 780. The summed E-state index contributed by atoms with van der Waals surface area (Å²) >= 11 is 0. The monoisotopic (exact) mass is 288 g/mol. The van der Waals surface area contributed by atoms with E-state index in [-0.39, 0.29) is 6.61 Å². The molecule has 0 radical (unpaired) electrons. The standard InChI is InChI=1S/C21H20O/c22-14-15-5-12-21-18(10-11-19(21)13-15)9-8-17-7-6-16-3-1-2-4-20(16)17/h1-5,7,10,12-13,22H,6,8-9,11,14H2. The molecule has 2 aliphatic rings. The van der Waals surface area contributed by atoms with Gasteiger partial charge in [0.15, 0.2) is 0 Å². The van der Waals surface area contributed by atoms with E-state index in [1.165, 1.54) is 33.4 Å². The Hall–Kier alpha value is -2.12. The van der Waals surface area contributed by atoms with Gasteiger partial charge in [0.25, 0.3) is 0 Å². The van der Waals surface area contributed by atoms with Crippen molar-refractivity contribution in [2.75, 3.05) is 0 Å². The molecule has 0 unspecified atom stereocenters. The van der Waals surface area contributed by atoms with Crippen molar-refractivity contribution in [1.82, 2.24) is 0 Å². The van der Waals surface area contributed by atoms with Gasteiger partial charge in [0, 0.05) is 0 Å². The summed E-state index contributed by atoms with van der Waals surface area (Å²) in [4.78, 5) is 0. The lowest BCUT2D eigenvalue weighted by Crippen LogP contribution is -1.90. The van der Waals surface area contributed by atoms with E-state index >= 15 is 0 Å². The second-order valence-electron chi connectivity index (χ2n) is 6.17. The van der Waals surface area contributed by atoms with Crippen LogP contribution in [-0.4, -0.2) is 5.11 Å². The largest absolute Gasteiger partial charge is 0.392 e. The van der Waals surface area contributed by atoms with Crippen LogP contribution in [-0.2, 0) is 19.4 Å². The third kappa shape index (κ3) is 2.32. The molecule has 0 amide bonds. The molecule has 2 aliphatic carbocycles. The zero-order chi connectivity index (χ0) is 14.9. The Morgan fingerprint density at radius 1 is 0.773 bits per heavy atom. The summed E-state index contributed by atoms with van der Waals surface area (Å²) in [5.41, 5.74) is 9.62. The van der Waals surface area contributed by atoms with Crippen LogP contribution in [0.5, 0.6) is 0 Å². The van der Waals surface area contributed by atoms with Crippen LogP contribution in [0.25, 0.3) is 11.1 Å². The van der Waals surface area contributed by atoms with Gasteiger partial charge < -0.3 is 5.11 Å². The lowest BCUT2D eigenvalue weighted by molar-refractivity contribution is 0.282. The number of benzene rings is 2. The van der Waals surface area contributed by atoms with Gasteiger partial charge in [-0.2, -0.15) is 0 Å². The maximum atomic E-state index is 9.25. The Kier molecular flexibility index (Phi) is 3.44. The lowest BCUT2D eigenvalue weighted by atomic mass is 9.96. The summed E-state index contributed by atoms with van der Waals surface area (Å²) in [5, 5.41) is 9.25. The number of hydrogen-bond acceptors (Lipinski definition) is 1. The van der Waals surface area contributed by atoms with Crippen LogP contribution in [0, 0.1) is 0 Å². The minimum Gasteiger partial charge on any atom is -0.392 e. The molecule has 4 rings (SSSR count).